The quantitative estimate of drug-likeness (QED) is 0.138. The number of likely N-dealkylation sites (N-methyl/N-ethyl adjacent to an activating group) is 1. The Morgan fingerprint density at radius 1 is 1.10 bits per heavy atom. The van der Waals surface area contributed by atoms with Crippen molar-refractivity contribution in [2.75, 3.05) is 40.4 Å². The smallest absolute Gasteiger partial charge is 0.324 e. The number of carbonyl (C=O) groups excluding carboxylic acids is 5. The number of esters is 1. The Hall–Kier alpha value is -6.37. The van der Waals surface area contributed by atoms with E-state index in [0.29, 0.717) is 25.8 Å². The van der Waals surface area contributed by atoms with Crippen LogP contribution in [0.2, 0.25) is 0 Å². The molecule has 15 nitrogen and oxygen atoms in total. The fourth-order valence-corrected chi connectivity index (χ4v) is 10.1. The fraction of sp³-hybridized carbons (Fsp3) is 0.481. The molecule has 4 aromatic rings. The van der Waals surface area contributed by atoms with Crippen LogP contribution in [0.5, 0.6) is 0 Å². The molecule has 67 heavy (non-hydrogen) atoms. The number of likely N-dealkylation sites (tertiary alicyclic amines) is 1. The Kier molecular flexibility index (Phi) is 14.4. The number of rotatable bonds is 10. The predicted molar refractivity (Wildman–Crippen MR) is 254 cm³/mol. The number of ether oxygens (including phenoxy) is 2. The number of amides is 4. The number of nitrogens with one attached hydrogen (secondary N) is 2. The molecule has 0 aliphatic carbocycles. The number of fused-ring (bicyclic) bond motifs is 6. The van der Waals surface area contributed by atoms with Crippen molar-refractivity contribution in [2.45, 2.75) is 104 Å². The van der Waals surface area contributed by atoms with E-state index in [0.717, 1.165) is 56.2 Å². The van der Waals surface area contributed by atoms with Gasteiger partial charge in [-0.25, -0.2) is 5.43 Å². The van der Waals surface area contributed by atoms with Crippen LogP contribution >= 0.6 is 0 Å². The first-order valence-electron chi connectivity index (χ1n) is 23.3. The molecule has 3 aliphatic heterocycles. The lowest BCUT2D eigenvalue weighted by molar-refractivity contribution is -0.155. The molecule has 7 rings (SSSR count). The lowest BCUT2D eigenvalue weighted by Gasteiger charge is -2.37. The summed E-state index contributed by atoms with van der Waals surface area (Å²) in [7, 11) is 3.16. The highest BCUT2D eigenvalue weighted by molar-refractivity contribution is 5.97. The van der Waals surface area contributed by atoms with Gasteiger partial charge in [0.2, 0.25) is 17.7 Å². The van der Waals surface area contributed by atoms with E-state index in [9.17, 15) is 29.2 Å². The third-order valence-corrected chi connectivity index (χ3v) is 13.6. The van der Waals surface area contributed by atoms with Crippen LogP contribution in [0.25, 0.3) is 33.3 Å². The minimum absolute atomic E-state index is 0.0917. The van der Waals surface area contributed by atoms with Gasteiger partial charge in [-0.1, -0.05) is 64.6 Å². The highest BCUT2D eigenvalue weighted by Crippen LogP contribution is 2.42. The van der Waals surface area contributed by atoms with Crippen molar-refractivity contribution in [2.24, 2.45) is 16.7 Å². The lowest BCUT2D eigenvalue weighted by Crippen LogP contribution is -2.62. The number of aromatic nitrogens is 2. The van der Waals surface area contributed by atoms with Crippen LogP contribution in [0.1, 0.15) is 83.7 Å². The molecule has 2 aromatic heterocycles. The Labute approximate surface area is 393 Å². The molecule has 2 aromatic carbocycles. The minimum Gasteiger partial charge on any atom is -0.464 e. The van der Waals surface area contributed by atoms with Crippen molar-refractivity contribution >= 4 is 40.5 Å². The van der Waals surface area contributed by atoms with E-state index >= 15 is 0 Å². The minimum atomic E-state index is -1.55. The first-order chi connectivity index (χ1) is 32.0. The van der Waals surface area contributed by atoms with Gasteiger partial charge in [0.1, 0.15) is 18.1 Å². The number of pyridine rings is 1. The summed E-state index contributed by atoms with van der Waals surface area (Å²) in [5, 5.41) is 15.8. The van der Waals surface area contributed by atoms with Gasteiger partial charge in [-0.05, 0) is 98.0 Å². The van der Waals surface area contributed by atoms with E-state index in [1.165, 1.54) is 21.9 Å². The van der Waals surface area contributed by atoms with Crippen LogP contribution < -0.4 is 10.7 Å². The molecule has 2 N–H and O–H groups in total. The number of nitrogens with zero attached hydrogens (tertiary/aromatic N) is 6. The zero-order valence-corrected chi connectivity index (χ0v) is 40.1. The molecule has 6 bridgehead atoms. The Balaban J connectivity index is 1.30. The summed E-state index contributed by atoms with van der Waals surface area (Å²) < 4.78 is 14.2. The molecule has 354 valence electrons. The zero-order chi connectivity index (χ0) is 48.4. The number of hydrogen-bond donors (Lipinski definition) is 2. The van der Waals surface area contributed by atoms with Gasteiger partial charge in [0.25, 0.3) is 5.91 Å². The SMILES string of the molecule is C=CC(=O)N1CC[C@@](C#N)(C(=O)N(C)C(C(=O)N[C@H]2Cc3cccc(c3)-c3ccc4c(c3)c(c(-c3cccnc3[C@H](C)OC)n4CC)CC(C)(C)COC(=O)[C@@H]3CCCN(N3)C2=O)C(C)C)C1. The Morgan fingerprint density at radius 3 is 2.57 bits per heavy atom. The molecule has 3 aliphatic rings. The first-order valence-corrected chi connectivity index (χ1v) is 23.3. The van der Waals surface area contributed by atoms with Crippen molar-refractivity contribution in [3.05, 3.63) is 90.3 Å². The van der Waals surface area contributed by atoms with Gasteiger partial charge < -0.3 is 29.2 Å². The highest BCUT2D eigenvalue weighted by Gasteiger charge is 2.50. The number of methoxy groups -OCH3 is 1. The maximum atomic E-state index is 14.7. The van der Waals surface area contributed by atoms with Crippen LogP contribution in [-0.2, 0) is 52.8 Å². The number of nitriles is 1. The first kappa shape index (κ1) is 48.6. The molecular weight excluding hydrogens is 849 g/mol. The summed E-state index contributed by atoms with van der Waals surface area (Å²) in [5.74, 6) is -2.90. The van der Waals surface area contributed by atoms with E-state index in [-0.39, 0.29) is 51.1 Å². The topological polar surface area (TPSA) is 179 Å². The molecule has 5 heterocycles. The highest BCUT2D eigenvalue weighted by atomic mass is 16.5. The largest absolute Gasteiger partial charge is 0.464 e. The average molecular weight is 913 g/mol. The van der Waals surface area contributed by atoms with Gasteiger partial charge in [-0.2, -0.15) is 5.26 Å². The van der Waals surface area contributed by atoms with Crippen LogP contribution in [0.15, 0.2) is 73.4 Å². The molecular formula is C52H64N8O7. The van der Waals surface area contributed by atoms with Crippen LogP contribution in [0.3, 0.4) is 0 Å². The van der Waals surface area contributed by atoms with Gasteiger partial charge in [0, 0.05) is 74.8 Å². The molecule has 4 amide bonds. The lowest BCUT2D eigenvalue weighted by atomic mass is 9.84. The summed E-state index contributed by atoms with van der Waals surface area (Å²) in [6.45, 7) is 16.6. The van der Waals surface area contributed by atoms with Gasteiger partial charge >= 0.3 is 5.97 Å². The third-order valence-electron chi connectivity index (χ3n) is 13.6. The average Bonchev–Trinajstić information content (AvgIpc) is 3.91. The van der Waals surface area contributed by atoms with Crippen molar-refractivity contribution in [1.82, 2.24) is 35.1 Å². The van der Waals surface area contributed by atoms with Crippen molar-refractivity contribution in [3.8, 4) is 28.5 Å². The van der Waals surface area contributed by atoms with Crippen LogP contribution in [-0.4, -0.2) is 112 Å². The van der Waals surface area contributed by atoms with Gasteiger partial charge in [0.15, 0.2) is 5.41 Å². The predicted octanol–water partition coefficient (Wildman–Crippen LogP) is 6.16. The second kappa shape index (κ2) is 19.8. The number of aryl methyl sites for hydroxylation is 1. The van der Waals surface area contributed by atoms with E-state index in [1.54, 1.807) is 27.2 Å². The van der Waals surface area contributed by atoms with Crippen LogP contribution in [0.4, 0.5) is 0 Å². The zero-order valence-electron chi connectivity index (χ0n) is 40.1. The number of hydrazine groups is 1. The Morgan fingerprint density at radius 2 is 1.87 bits per heavy atom. The van der Waals surface area contributed by atoms with E-state index < -0.39 is 58.6 Å². The summed E-state index contributed by atoms with van der Waals surface area (Å²) in [6.07, 6.45) is 4.40. The second-order valence-corrected chi connectivity index (χ2v) is 19.4. The number of carbonyl (C=O) groups is 5. The summed E-state index contributed by atoms with van der Waals surface area (Å²) in [4.78, 5) is 77.5. The standard InChI is InChI=1S/C52H64N8O7/c1-10-43(61)58-24-21-52(29-53,30-58)50(65)57(8)45(32(3)4)47(62)55-41-26-34-15-12-16-35(25-34)36-19-20-42-38(27-36)39(46(59(42)11-2)37-17-13-22-54-44(37)33(5)66-9)28-51(6,7)31-67-49(64)40-18-14-23-60(56-40)48(41)63/h10,12-13,15-17,19-20,22,25,27,32-33,40-41,45,56H,1,11,14,18,21,23-24,26,28,30-31H2,2-9H3,(H,55,62)/t33-,40-,41-,45?,52-/m0/s1. The molecule has 15 heteroatoms. The molecule has 2 fully saturated rings. The van der Waals surface area contributed by atoms with E-state index in [2.05, 4.69) is 73.0 Å². The molecule has 0 spiro atoms. The third kappa shape index (κ3) is 9.74. The second-order valence-electron chi connectivity index (χ2n) is 19.4. The summed E-state index contributed by atoms with van der Waals surface area (Å²) in [5.41, 5.74) is 8.69. The van der Waals surface area contributed by atoms with E-state index in [1.807, 2.05) is 37.3 Å². The summed E-state index contributed by atoms with van der Waals surface area (Å²) >= 11 is 0. The summed E-state index contributed by atoms with van der Waals surface area (Å²) in [6, 6.07) is 17.5. The molecule has 5 atom stereocenters. The fourth-order valence-electron chi connectivity index (χ4n) is 10.1. The Bertz CT molecular complexity index is 2610. The molecule has 0 saturated carbocycles. The number of hydrogen-bond acceptors (Lipinski definition) is 10. The van der Waals surface area contributed by atoms with Crippen molar-refractivity contribution in [1.29, 1.82) is 5.26 Å². The van der Waals surface area contributed by atoms with Gasteiger partial charge in [-0.15, -0.1) is 0 Å². The van der Waals surface area contributed by atoms with Gasteiger partial charge in [0.05, 0.1) is 30.2 Å². The van der Waals surface area contributed by atoms with E-state index in [4.69, 9.17) is 14.5 Å². The van der Waals surface area contributed by atoms with Crippen molar-refractivity contribution < 1.29 is 33.4 Å². The monoisotopic (exact) mass is 912 g/mol. The molecule has 2 saturated heterocycles. The normalized spacial score (nSPS) is 21.8. The number of benzene rings is 2. The molecule has 1 unspecified atom stereocenters. The molecule has 0 radical (unpaired) electrons. The number of cyclic esters (lactones) is 1. The van der Waals surface area contributed by atoms with Gasteiger partial charge in [-0.3, -0.25) is 34.0 Å². The van der Waals surface area contributed by atoms with Crippen molar-refractivity contribution in [3.63, 3.8) is 0 Å². The maximum absolute atomic E-state index is 14.7. The maximum Gasteiger partial charge on any atom is 0.324 e. The van der Waals surface area contributed by atoms with Crippen LogP contribution in [0, 0.1) is 28.1 Å².